The molecule has 1 aromatic rings. The Hall–Kier alpha value is -1.91. The number of carbonyl (C=O) groups is 1. The number of benzene rings is 1. The second-order valence-electron chi connectivity index (χ2n) is 11.4. The van der Waals surface area contributed by atoms with E-state index >= 15 is 0 Å². The number of hydrogen-bond donors (Lipinski definition) is 0. The second kappa shape index (κ2) is 40.9. The topological polar surface area (TPSA) is 128 Å². The average molecular weight is 733 g/mol. The molecule has 0 atom stereocenters. The molecule has 1 rings (SSSR count). The maximum absolute atomic E-state index is 11.7. The summed E-state index contributed by atoms with van der Waals surface area (Å²) in [6.45, 7) is 12.9. The SMILES string of the molecule is CCCCCCCCCC(=O)OCCOCCOCCOCCOCCOCCOCCOCCOCCOCCOCCOc1ccccc1. The Balaban J connectivity index is 1.63. The molecule has 0 N–H and O–H groups in total. The van der Waals surface area contributed by atoms with Gasteiger partial charge >= 0.3 is 5.97 Å². The van der Waals surface area contributed by atoms with Crippen LogP contribution in [0, 0.1) is 0 Å². The van der Waals surface area contributed by atoms with Crippen molar-refractivity contribution in [3.05, 3.63) is 30.3 Å². The predicted octanol–water partition coefficient (Wildman–Crippen LogP) is 4.92. The molecule has 1 aromatic carbocycles. The van der Waals surface area contributed by atoms with Crippen LogP contribution >= 0.6 is 0 Å². The Kier molecular flexibility index (Phi) is 37.7. The van der Waals surface area contributed by atoms with Crippen LogP contribution in [0.4, 0.5) is 0 Å². The number of rotatable bonds is 42. The fourth-order valence-corrected chi connectivity index (χ4v) is 4.33. The molecule has 0 saturated heterocycles. The zero-order valence-electron chi connectivity index (χ0n) is 31.4. The van der Waals surface area contributed by atoms with Gasteiger partial charge in [0.15, 0.2) is 0 Å². The molecule has 0 amide bonds. The fraction of sp³-hybridized carbons (Fsp3) is 0.816. The Morgan fingerprint density at radius 2 is 0.706 bits per heavy atom. The van der Waals surface area contributed by atoms with Crippen LogP contribution in [0.3, 0.4) is 0 Å². The molecule has 0 spiro atoms. The van der Waals surface area contributed by atoms with E-state index in [4.69, 9.17) is 56.8 Å². The largest absolute Gasteiger partial charge is 0.491 e. The monoisotopic (exact) mass is 732 g/mol. The van der Waals surface area contributed by atoms with Gasteiger partial charge < -0.3 is 56.8 Å². The first kappa shape index (κ1) is 47.1. The molecule has 51 heavy (non-hydrogen) atoms. The standard InChI is InChI=1S/C38H68O13/c1-2-3-4-5-6-7-11-14-38(39)51-36-34-49-32-30-47-28-26-45-24-22-43-20-18-41-16-15-40-17-19-42-21-23-44-25-27-46-29-31-48-33-35-50-37-12-9-8-10-13-37/h8-10,12-13H,2-7,11,14-36H2,1H3. The lowest BCUT2D eigenvalue weighted by Crippen LogP contribution is -2.15. The third kappa shape index (κ3) is 37.6. The van der Waals surface area contributed by atoms with Gasteiger partial charge in [0.25, 0.3) is 0 Å². The maximum Gasteiger partial charge on any atom is 0.305 e. The van der Waals surface area contributed by atoms with Gasteiger partial charge in [-0.3, -0.25) is 4.79 Å². The molecule has 13 nitrogen and oxygen atoms in total. The lowest BCUT2D eigenvalue weighted by Gasteiger charge is -2.09. The van der Waals surface area contributed by atoms with Crippen molar-refractivity contribution in [2.75, 3.05) is 145 Å². The van der Waals surface area contributed by atoms with Crippen LogP contribution in [0.15, 0.2) is 30.3 Å². The molecule has 0 fully saturated rings. The third-order valence-electron chi connectivity index (χ3n) is 7.06. The van der Waals surface area contributed by atoms with Gasteiger partial charge in [-0.2, -0.15) is 0 Å². The summed E-state index contributed by atoms with van der Waals surface area (Å²) in [7, 11) is 0. The summed E-state index contributed by atoms with van der Waals surface area (Å²) < 4.78 is 65.6. The van der Waals surface area contributed by atoms with Crippen molar-refractivity contribution in [1.82, 2.24) is 0 Å². The normalized spacial score (nSPS) is 11.3. The van der Waals surface area contributed by atoms with Crippen molar-refractivity contribution in [3.8, 4) is 5.75 Å². The highest BCUT2D eigenvalue weighted by Crippen LogP contribution is 2.09. The van der Waals surface area contributed by atoms with Crippen LogP contribution in [-0.2, 0) is 56.9 Å². The van der Waals surface area contributed by atoms with Crippen LogP contribution in [0.2, 0.25) is 0 Å². The molecule has 0 aliphatic heterocycles. The van der Waals surface area contributed by atoms with E-state index in [9.17, 15) is 4.79 Å². The quantitative estimate of drug-likeness (QED) is 0.0668. The van der Waals surface area contributed by atoms with E-state index in [1.165, 1.54) is 32.1 Å². The smallest absolute Gasteiger partial charge is 0.305 e. The number of carbonyl (C=O) groups excluding carboxylic acids is 1. The lowest BCUT2D eigenvalue weighted by molar-refractivity contribution is -0.145. The van der Waals surface area contributed by atoms with E-state index in [1.54, 1.807) is 0 Å². The number of esters is 1. The maximum atomic E-state index is 11.7. The van der Waals surface area contributed by atoms with Crippen molar-refractivity contribution >= 4 is 5.97 Å². The van der Waals surface area contributed by atoms with Gasteiger partial charge in [0.1, 0.15) is 19.0 Å². The van der Waals surface area contributed by atoms with Crippen molar-refractivity contribution in [3.63, 3.8) is 0 Å². The molecule has 13 heteroatoms. The van der Waals surface area contributed by atoms with Gasteiger partial charge in [-0.25, -0.2) is 0 Å². The fourth-order valence-electron chi connectivity index (χ4n) is 4.33. The van der Waals surface area contributed by atoms with Crippen LogP contribution in [-0.4, -0.2) is 151 Å². The van der Waals surface area contributed by atoms with E-state index in [2.05, 4.69) is 6.92 Å². The van der Waals surface area contributed by atoms with E-state index in [-0.39, 0.29) is 12.6 Å². The van der Waals surface area contributed by atoms with Crippen LogP contribution in [0.25, 0.3) is 0 Å². The highest BCUT2D eigenvalue weighted by Gasteiger charge is 2.03. The van der Waals surface area contributed by atoms with Crippen molar-refractivity contribution in [2.24, 2.45) is 0 Å². The lowest BCUT2D eigenvalue weighted by atomic mass is 10.1. The number of hydrogen-bond acceptors (Lipinski definition) is 13. The van der Waals surface area contributed by atoms with Crippen LogP contribution < -0.4 is 4.74 Å². The third-order valence-corrected chi connectivity index (χ3v) is 7.06. The molecule has 0 unspecified atom stereocenters. The summed E-state index contributed by atoms with van der Waals surface area (Å²) in [5.74, 6) is 0.701. The minimum atomic E-state index is -0.141. The van der Waals surface area contributed by atoms with Gasteiger partial charge in [-0.15, -0.1) is 0 Å². The first-order valence-electron chi connectivity index (χ1n) is 18.9. The highest BCUT2D eigenvalue weighted by molar-refractivity contribution is 5.69. The summed E-state index contributed by atoms with van der Waals surface area (Å²) in [4.78, 5) is 11.7. The molecule has 0 saturated carbocycles. The predicted molar refractivity (Wildman–Crippen MR) is 194 cm³/mol. The number of unbranched alkanes of at least 4 members (excludes halogenated alkanes) is 6. The van der Waals surface area contributed by atoms with Crippen molar-refractivity contribution in [2.45, 2.75) is 58.3 Å². The van der Waals surface area contributed by atoms with Crippen LogP contribution in [0.1, 0.15) is 58.3 Å². The summed E-state index contributed by atoms with van der Waals surface area (Å²) >= 11 is 0. The summed E-state index contributed by atoms with van der Waals surface area (Å²) in [6.07, 6.45) is 8.79. The molecule has 0 heterocycles. The molecule has 0 aromatic heterocycles. The van der Waals surface area contributed by atoms with E-state index in [1.807, 2.05) is 30.3 Å². The summed E-state index contributed by atoms with van der Waals surface area (Å²) in [5, 5.41) is 0. The first-order valence-corrected chi connectivity index (χ1v) is 18.9. The number of ether oxygens (including phenoxy) is 12. The Morgan fingerprint density at radius 1 is 0.392 bits per heavy atom. The summed E-state index contributed by atoms with van der Waals surface area (Å²) in [5.41, 5.74) is 0. The molecule has 298 valence electrons. The average Bonchev–Trinajstić information content (AvgIpc) is 3.15. The Bertz CT molecular complexity index is 818. The second-order valence-corrected chi connectivity index (χ2v) is 11.4. The van der Waals surface area contributed by atoms with Gasteiger partial charge in [-0.05, 0) is 18.6 Å². The Labute approximate surface area is 307 Å². The minimum Gasteiger partial charge on any atom is -0.491 e. The molecule has 0 aliphatic rings. The Morgan fingerprint density at radius 3 is 1.08 bits per heavy atom. The van der Waals surface area contributed by atoms with E-state index in [0.29, 0.717) is 145 Å². The van der Waals surface area contributed by atoms with E-state index in [0.717, 1.165) is 18.6 Å². The minimum absolute atomic E-state index is 0.141. The molecular formula is C38H68O13. The van der Waals surface area contributed by atoms with E-state index < -0.39 is 0 Å². The van der Waals surface area contributed by atoms with Gasteiger partial charge in [0.2, 0.25) is 0 Å². The van der Waals surface area contributed by atoms with Crippen molar-refractivity contribution in [1.29, 1.82) is 0 Å². The molecular weight excluding hydrogens is 664 g/mol. The van der Waals surface area contributed by atoms with Gasteiger partial charge in [-0.1, -0.05) is 63.6 Å². The zero-order chi connectivity index (χ0) is 36.4. The highest BCUT2D eigenvalue weighted by atomic mass is 16.6. The first-order chi connectivity index (χ1) is 25.3. The van der Waals surface area contributed by atoms with Crippen molar-refractivity contribution < 1.29 is 61.6 Å². The van der Waals surface area contributed by atoms with Gasteiger partial charge in [0, 0.05) is 6.42 Å². The van der Waals surface area contributed by atoms with Gasteiger partial charge in [0.05, 0.1) is 132 Å². The zero-order valence-corrected chi connectivity index (χ0v) is 31.4. The molecule has 0 bridgehead atoms. The summed E-state index contributed by atoms with van der Waals surface area (Å²) in [6, 6.07) is 9.67. The van der Waals surface area contributed by atoms with Crippen LogP contribution in [0.5, 0.6) is 5.75 Å². The molecule has 0 aliphatic carbocycles. The number of para-hydroxylation sites is 1. The molecule has 0 radical (unpaired) electrons.